The second-order valence-electron chi connectivity index (χ2n) is 9.44. The summed E-state index contributed by atoms with van der Waals surface area (Å²) in [7, 11) is -4.43. The highest BCUT2D eigenvalue weighted by atomic mass is 32.2. The fraction of sp³-hybridized carbons (Fsp3) is 0.609. The normalized spacial score (nSPS) is 13.9. The van der Waals surface area contributed by atoms with E-state index in [-0.39, 0.29) is 13.2 Å². The molecule has 11 nitrogen and oxygen atoms in total. The van der Waals surface area contributed by atoms with E-state index >= 15 is 0 Å². The van der Waals surface area contributed by atoms with E-state index in [0.717, 1.165) is 5.56 Å². The van der Waals surface area contributed by atoms with Crippen molar-refractivity contribution < 1.29 is 41.2 Å². The second kappa shape index (κ2) is 12.8. The number of rotatable bonds is 12. The van der Waals surface area contributed by atoms with E-state index < -0.39 is 58.0 Å². The topological polar surface area (TPSA) is 146 Å². The van der Waals surface area contributed by atoms with Gasteiger partial charge >= 0.3 is 28.3 Å². The summed E-state index contributed by atoms with van der Waals surface area (Å²) in [6.45, 7) is 10.4. The van der Waals surface area contributed by atoms with E-state index in [1.165, 1.54) is 20.8 Å². The van der Waals surface area contributed by atoms with Crippen LogP contribution < -0.4 is 10.0 Å². The molecule has 1 aromatic carbocycles. The molecular weight excluding hydrogens is 480 g/mol. The minimum atomic E-state index is -4.43. The lowest BCUT2D eigenvalue weighted by Crippen LogP contribution is -2.56. The summed E-state index contributed by atoms with van der Waals surface area (Å²) in [5.74, 6) is -1.51. The van der Waals surface area contributed by atoms with E-state index in [2.05, 4.69) is 10.0 Å². The Labute approximate surface area is 207 Å². The van der Waals surface area contributed by atoms with Gasteiger partial charge in [0, 0.05) is 0 Å². The molecule has 198 valence electrons. The standard InChI is InChI=1S/C23H36N2O9S/c1-8-31-20(27)23(6,7)15-33-35(29,30)25-16(2)18(19(26)34-22(3,4)5)24-21(28)32-14-17-12-10-9-11-13-17/h9-13,16,18,25H,8,14-15H2,1-7H3,(H,24,28)/t16-,18-/m0/s1. The van der Waals surface area contributed by atoms with Gasteiger partial charge in [-0.25, -0.2) is 9.59 Å². The van der Waals surface area contributed by atoms with Gasteiger partial charge in [-0.15, -0.1) is 0 Å². The largest absolute Gasteiger partial charge is 0.466 e. The molecule has 0 aromatic heterocycles. The summed E-state index contributed by atoms with van der Waals surface area (Å²) in [6.07, 6.45) is -0.944. The van der Waals surface area contributed by atoms with Gasteiger partial charge in [-0.05, 0) is 54.0 Å². The molecule has 12 heteroatoms. The van der Waals surface area contributed by atoms with Crippen LogP contribution in [-0.2, 0) is 44.9 Å². The van der Waals surface area contributed by atoms with Crippen LogP contribution in [0.15, 0.2) is 30.3 Å². The van der Waals surface area contributed by atoms with Crippen LogP contribution in [0.2, 0.25) is 0 Å². The van der Waals surface area contributed by atoms with Gasteiger partial charge in [-0.3, -0.25) is 8.98 Å². The fourth-order valence-electron chi connectivity index (χ4n) is 2.59. The fourth-order valence-corrected chi connectivity index (χ4v) is 3.69. The van der Waals surface area contributed by atoms with Crippen LogP contribution in [0.5, 0.6) is 0 Å². The highest BCUT2D eigenvalue weighted by Gasteiger charge is 2.36. The van der Waals surface area contributed by atoms with Gasteiger partial charge in [0.15, 0.2) is 0 Å². The molecule has 0 spiro atoms. The number of carbonyl (C=O) groups excluding carboxylic acids is 3. The molecule has 0 heterocycles. The van der Waals surface area contributed by atoms with Crippen molar-refractivity contribution in [2.24, 2.45) is 5.41 Å². The van der Waals surface area contributed by atoms with Crippen molar-refractivity contribution in [2.45, 2.75) is 72.8 Å². The molecule has 0 unspecified atom stereocenters. The Kier molecular flexibility index (Phi) is 11.1. The van der Waals surface area contributed by atoms with Crippen LogP contribution >= 0.6 is 0 Å². The Hall–Kier alpha value is -2.70. The molecule has 1 rings (SSSR count). The smallest absolute Gasteiger partial charge is 0.408 e. The van der Waals surface area contributed by atoms with Gasteiger partial charge in [0.1, 0.15) is 18.2 Å². The minimum absolute atomic E-state index is 0.0557. The molecule has 0 saturated carbocycles. The Morgan fingerprint density at radius 2 is 1.60 bits per heavy atom. The quantitative estimate of drug-likeness (QED) is 0.316. The van der Waals surface area contributed by atoms with Crippen LogP contribution in [-0.4, -0.2) is 57.3 Å². The zero-order chi connectivity index (χ0) is 26.9. The van der Waals surface area contributed by atoms with Crippen LogP contribution in [0, 0.1) is 5.41 Å². The number of benzene rings is 1. The number of amides is 1. The Morgan fingerprint density at radius 3 is 2.14 bits per heavy atom. The lowest BCUT2D eigenvalue weighted by atomic mass is 9.95. The lowest BCUT2D eigenvalue weighted by Gasteiger charge is -2.28. The van der Waals surface area contributed by atoms with Gasteiger partial charge in [-0.1, -0.05) is 30.3 Å². The third-order valence-electron chi connectivity index (χ3n) is 4.38. The van der Waals surface area contributed by atoms with Crippen LogP contribution in [0.25, 0.3) is 0 Å². The average molecular weight is 517 g/mol. The third-order valence-corrected chi connectivity index (χ3v) is 5.47. The summed E-state index contributed by atoms with van der Waals surface area (Å²) in [5.41, 5.74) is -1.41. The van der Waals surface area contributed by atoms with E-state index in [9.17, 15) is 22.8 Å². The number of hydrogen-bond donors (Lipinski definition) is 2. The van der Waals surface area contributed by atoms with Crippen molar-refractivity contribution in [1.82, 2.24) is 10.0 Å². The van der Waals surface area contributed by atoms with Crippen LogP contribution in [0.4, 0.5) is 4.79 Å². The molecule has 35 heavy (non-hydrogen) atoms. The zero-order valence-corrected chi connectivity index (χ0v) is 22.1. The molecule has 1 aromatic rings. The number of nitrogens with one attached hydrogen (secondary N) is 2. The highest BCUT2D eigenvalue weighted by Crippen LogP contribution is 2.19. The van der Waals surface area contributed by atoms with E-state index in [1.807, 2.05) is 6.07 Å². The molecule has 0 saturated heterocycles. The monoisotopic (exact) mass is 516 g/mol. The Balaban J connectivity index is 2.89. The van der Waals surface area contributed by atoms with E-state index in [4.69, 9.17) is 18.4 Å². The van der Waals surface area contributed by atoms with Gasteiger partial charge in [0.25, 0.3) is 0 Å². The van der Waals surface area contributed by atoms with Crippen LogP contribution in [0.1, 0.15) is 54.0 Å². The number of hydrogen-bond acceptors (Lipinski definition) is 9. The summed E-state index contributed by atoms with van der Waals surface area (Å²) >= 11 is 0. The SMILES string of the molecule is CCOC(=O)C(C)(C)COS(=O)(=O)N[C@@H](C)[C@H](NC(=O)OCc1ccccc1)C(=O)OC(C)(C)C. The number of ether oxygens (including phenoxy) is 3. The predicted octanol–water partition coefficient (Wildman–Crippen LogP) is 2.45. The summed E-state index contributed by atoms with van der Waals surface area (Å²) in [4.78, 5) is 37.1. The maximum atomic E-state index is 12.7. The van der Waals surface area contributed by atoms with Crippen molar-refractivity contribution >= 4 is 28.3 Å². The zero-order valence-electron chi connectivity index (χ0n) is 21.2. The van der Waals surface area contributed by atoms with Crippen molar-refractivity contribution in [3.8, 4) is 0 Å². The number of alkyl carbamates (subject to hydrolysis) is 1. The van der Waals surface area contributed by atoms with Gasteiger partial charge in [0.05, 0.1) is 24.7 Å². The molecule has 0 fully saturated rings. The number of carbonyl (C=O) groups is 3. The first kappa shape index (κ1) is 30.3. The molecule has 2 atom stereocenters. The van der Waals surface area contributed by atoms with Gasteiger partial charge < -0.3 is 19.5 Å². The lowest BCUT2D eigenvalue weighted by molar-refractivity contribution is -0.158. The second-order valence-corrected chi connectivity index (χ2v) is 10.8. The molecule has 0 aliphatic heterocycles. The Morgan fingerprint density at radius 1 is 1.00 bits per heavy atom. The number of esters is 2. The maximum absolute atomic E-state index is 12.7. The molecule has 0 radical (unpaired) electrons. The highest BCUT2D eigenvalue weighted by molar-refractivity contribution is 7.84. The van der Waals surface area contributed by atoms with Crippen LogP contribution in [0.3, 0.4) is 0 Å². The van der Waals surface area contributed by atoms with E-state index in [0.29, 0.717) is 0 Å². The maximum Gasteiger partial charge on any atom is 0.408 e. The molecule has 0 aliphatic rings. The first-order valence-corrected chi connectivity index (χ1v) is 12.5. The predicted molar refractivity (Wildman–Crippen MR) is 127 cm³/mol. The van der Waals surface area contributed by atoms with Crippen molar-refractivity contribution in [3.63, 3.8) is 0 Å². The van der Waals surface area contributed by atoms with Gasteiger partial charge in [-0.2, -0.15) is 13.1 Å². The summed E-state index contributed by atoms with van der Waals surface area (Å²) in [5, 5.41) is 2.35. The minimum Gasteiger partial charge on any atom is -0.466 e. The summed E-state index contributed by atoms with van der Waals surface area (Å²) in [6, 6.07) is 6.25. The molecule has 2 N–H and O–H groups in total. The first-order valence-electron chi connectivity index (χ1n) is 11.1. The third kappa shape index (κ3) is 11.5. The Bertz CT molecular complexity index is 957. The van der Waals surface area contributed by atoms with Crippen molar-refractivity contribution in [2.75, 3.05) is 13.2 Å². The molecule has 1 amide bonds. The van der Waals surface area contributed by atoms with Crippen molar-refractivity contribution in [1.29, 1.82) is 0 Å². The van der Waals surface area contributed by atoms with E-state index in [1.54, 1.807) is 52.0 Å². The molecule has 0 bridgehead atoms. The first-order chi connectivity index (χ1) is 16.1. The average Bonchev–Trinajstić information content (AvgIpc) is 2.74. The van der Waals surface area contributed by atoms with Gasteiger partial charge in [0.2, 0.25) is 0 Å². The summed E-state index contributed by atoms with van der Waals surface area (Å²) < 4.78 is 47.5. The van der Waals surface area contributed by atoms with Crippen molar-refractivity contribution in [3.05, 3.63) is 35.9 Å². The molecular formula is C23H36N2O9S. The molecule has 0 aliphatic carbocycles.